The highest BCUT2D eigenvalue weighted by Crippen LogP contribution is 2.24. The fourth-order valence-electron chi connectivity index (χ4n) is 4.32. The fraction of sp³-hybridized carbons (Fsp3) is 0.625. The van der Waals surface area contributed by atoms with Crippen molar-refractivity contribution in [3.8, 4) is 17.2 Å². The van der Waals surface area contributed by atoms with Crippen molar-refractivity contribution in [2.24, 2.45) is 5.92 Å². The molecule has 0 bridgehead atoms. The summed E-state index contributed by atoms with van der Waals surface area (Å²) < 4.78 is 11.7. The van der Waals surface area contributed by atoms with E-state index in [4.69, 9.17) is 14.1 Å². The lowest BCUT2D eigenvalue weighted by Gasteiger charge is -2.29. The number of rotatable bonds is 8. The molecule has 2 fully saturated rings. The quantitative estimate of drug-likeness (QED) is 0.597. The molecule has 29 heavy (non-hydrogen) atoms. The van der Waals surface area contributed by atoms with Crippen molar-refractivity contribution in [1.29, 1.82) is 0 Å². The van der Waals surface area contributed by atoms with Gasteiger partial charge >= 0.3 is 0 Å². The molecule has 0 aliphatic carbocycles. The predicted octanol–water partition coefficient (Wildman–Crippen LogP) is 4.83. The molecule has 1 aromatic heterocycles. The number of benzene rings is 1. The Morgan fingerprint density at radius 1 is 1.00 bits per heavy atom. The summed E-state index contributed by atoms with van der Waals surface area (Å²) in [5.74, 6) is 2.47. The summed E-state index contributed by atoms with van der Waals surface area (Å²) in [5, 5.41) is 0. The van der Waals surface area contributed by atoms with Crippen LogP contribution in [-0.2, 0) is 6.54 Å². The molecule has 2 aliphatic heterocycles. The fourth-order valence-corrected chi connectivity index (χ4v) is 4.32. The first-order chi connectivity index (χ1) is 14.3. The average molecular weight is 398 g/mol. The van der Waals surface area contributed by atoms with Gasteiger partial charge in [0.15, 0.2) is 0 Å². The summed E-state index contributed by atoms with van der Waals surface area (Å²) in [4.78, 5) is 9.73. The molecule has 2 aromatic rings. The number of hydrogen-bond acceptors (Lipinski definition) is 5. The van der Waals surface area contributed by atoms with Crippen LogP contribution < -0.4 is 4.74 Å². The van der Waals surface area contributed by atoms with Gasteiger partial charge in [-0.25, -0.2) is 4.98 Å². The second kappa shape index (κ2) is 10.3. The lowest BCUT2D eigenvalue weighted by atomic mass is 9.99. The van der Waals surface area contributed by atoms with Crippen LogP contribution in [0.25, 0.3) is 11.5 Å². The number of hydrogen-bond donors (Lipinski definition) is 0. The molecule has 5 nitrogen and oxygen atoms in total. The molecule has 3 heterocycles. The van der Waals surface area contributed by atoms with Crippen molar-refractivity contribution in [3.05, 3.63) is 36.2 Å². The van der Waals surface area contributed by atoms with E-state index in [0.29, 0.717) is 5.89 Å². The molecule has 158 valence electrons. The predicted molar refractivity (Wildman–Crippen MR) is 116 cm³/mol. The molecule has 0 N–H and O–H groups in total. The molecule has 0 spiro atoms. The van der Waals surface area contributed by atoms with Gasteiger partial charge in [0, 0.05) is 18.7 Å². The van der Waals surface area contributed by atoms with Crippen LogP contribution in [0.15, 0.2) is 34.9 Å². The summed E-state index contributed by atoms with van der Waals surface area (Å²) >= 11 is 0. The van der Waals surface area contributed by atoms with Gasteiger partial charge in [-0.15, -0.1) is 0 Å². The first-order valence-corrected chi connectivity index (χ1v) is 11.4. The minimum Gasteiger partial charge on any atom is -0.494 e. The Morgan fingerprint density at radius 3 is 2.52 bits per heavy atom. The monoisotopic (exact) mass is 397 g/mol. The second-order valence-electron chi connectivity index (χ2n) is 8.73. The molecule has 0 atom stereocenters. The highest BCUT2D eigenvalue weighted by molar-refractivity contribution is 5.54. The van der Waals surface area contributed by atoms with Gasteiger partial charge in [-0.2, -0.15) is 0 Å². The maximum atomic E-state index is 5.92. The van der Waals surface area contributed by atoms with Crippen molar-refractivity contribution in [1.82, 2.24) is 14.8 Å². The zero-order chi connectivity index (χ0) is 19.9. The van der Waals surface area contributed by atoms with Gasteiger partial charge in [0.1, 0.15) is 12.0 Å². The van der Waals surface area contributed by atoms with E-state index < -0.39 is 0 Å². The summed E-state index contributed by atoms with van der Waals surface area (Å²) in [5.41, 5.74) is 2.02. The maximum Gasteiger partial charge on any atom is 0.226 e. The van der Waals surface area contributed by atoms with Gasteiger partial charge < -0.3 is 14.1 Å². The molecule has 2 aliphatic rings. The zero-order valence-electron chi connectivity index (χ0n) is 17.8. The number of nitrogens with zero attached hydrogens (tertiary/aromatic N) is 3. The lowest BCUT2D eigenvalue weighted by Crippen LogP contribution is -2.32. The Hall–Kier alpha value is -1.85. The number of oxazole rings is 1. The molecule has 2 saturated heterocycles. The smallest absolute Gasteiger partial charge is 0.226 e. The lowest BCUT2D eigenvalue weighted by molar-refractivity contribution is 0.183. The van der Waals surface area contributed by atoms with Crippen LogP contribution in [0.2, 0.25) is 0 Å². The topological polar surface area (TPSA) is 41.7 Å². The molecular weight excluding hydrogens is 362 g/mol. The van der Waals surface area contributed by atoms with Crippen LogP contribution in [0, 0.1) is 5.92 Å². The molecule has 0 amide bonds. The Bertz CT molecular complexity index is 729. The van der Waals surface area contributed by atoms with Gasteiger partial charge in [-0.3, -0.25) is 4.90 Å². The SMILES string of the molecule is CC1CCN(Cc2coc(-c3ccc(OCCCN4CCCCC4)cc3)n2)CC1. The van der Waals surface area contributed by atoms with E-state index in [-0.39, 0.29) is 0 Å². The maximum absolute atomic E-state index is 5.92. The average Bonchev–Trinajstić information content (AvgIpc) is 3.23. The van der Waals surface area contributed by atoms with Crippen LogP contribution in [0.4, 0.5) is 0 Å². The Labute approximate surface area is 175 Å². The molecule has 0 saturated carbocycles. The number of piperidine rings is 2. The largest absolute Gasteiger partial charge is 0.494 e. The zero-order valence-corrected chi connectivity index (χ0v) is 17.8. The van der Waals surface area contributed by atoms with Crippen LogP contribution in [0.1, 0.15) is 51.1 Å². The van der Waals surface area contributed by atoms with Crippen LogP contribution in [0.5, 0.6) is 5.75 Å². The first kappa shape index (κ1) is 20.4. The van der Waals surface area contributed by atoms with Crippen molar-refractivity contribution in [3.63, 3.8) is 0 Å². The Balaban J connectivity index is 1.22. The van der Waals surface area contributed by atoms with Crippen LogP contribution in [-0.4, -0.2) is 54.1 Å². The second-order valence-corrected chi connectivity index (χ2v) is 8.73. The van der Waals surface area contributed by atoms with Gasteiger partial charge in [0.25, 0.3) is 0 Å². The third kappa shape index (κ3) is 6.06. The minimum atomic E-state index is 0.696. The van der Waals surface area contributed by atoms with Crippen molar-refractivity contribution < 1.29 is 9.15 Å². The highest BCUT2D eigenvalue weighted by atomic mass is 16.5. The summed E-state index contributed by atoms with van der Waals surface area (Å²) in [6, 6.07) is 8.12. The Kier molecular flexibility index (Phi) is 7.23. The van der Waals surface area contributed by atoms with E-state index in [2.05, 4.69) is 16.7 Å². The van der Waals surface area contributed by atoms with Crippen molar-refractivity contribution in [2.75, 3.05) is 39.3 Å². The summed E-state index contributed by atoms with van der Waals surface area (Å²) in [7, 11) is 0. The molecular formula is C24H35N3O2. The number of likely N-dealkylation sites (tertiary alicyclic amines) is 2. The molecule has 1 aromatic carbocycles. The molecule has 4 rings (SSSR count). The van der Waals surface area contributed by atoms with E-state index in [9.17, 15) is 0 Å². The van der Waals surface area contributed by atoms with E-state index in [0.717, 1.165) is 62.1 Å². The molecule has 0 unspecified atom stereocenters. The summed E-state index contributed by atoms with van der Waals surface area (Å²) in [6.45, 7) is 9.97. The van der Waals surface area contributed by atoms with E-state index in [1.165, 1.54) is 45.2 Å². The normalized spacial score (nSPS) is 19.5. The number of ether oxygens (including phenoxy) is 1. The first-order valence-electron chi connectivity index (χ1n) is 11.4. The van der Waals surface area contributed by atoms with Crippen LogP contribution in [0.3, 0.4) is 0 Å². The standard InChI is InChI=1S/C24H35N3O2/c1-20-10-15-27(16-11-20)18-22-19-29-24(25-22)21-6-8-23(9-7-21)28-17-5-14-26-12-3-2-4-13-26/h6-9,19-20H,2-5,10-18H2,1H3. The third-order valence-corrected chi connectivity index (χ3v) is 6.25. The van der Waals surface area contributed by atoms with E-state index in [1.807, 2.05) is 24.3 Å². The minimum absolute atomic E-state index is 0.696. The summed E-state index contributed by atoms with van der Waals surface area (Å²) in [6.07, 6.45) is 9.54. The third-order valence-electron chi connectivity index (χ3n) is 6.25. The van der Waals surface area contributed by atoms with Crippen LogP contribution >= 0.6 is 0 Å². The molecule has 0 radical (unpaired) electrons. The Morgan fingerprint density at radius 2 is 1.76 bits per heavy atom. The van der Waals surface area contributed by atoms with Gasteiger partial charge in [0.2, 0.25) is 5.89 Å². The highest BCUT2D eigenvalue weighted by Gasteiger charge is 2.17. The number of aromatic nitrogens is 1. The van der Waals surface area contributed by atoms with Crippen molar-refractivity contribution in [2.45, 2.75) is 52.0 Å². The van der Waals surface area contributed by atoms with E-state index >= 15 is 0 Å². The van der Waals surface area contributed by atoms with Gasteiger partial charge in [0.05, 0.1) is 12.3 Å². The molecule has 5 heteroatoms. The van der Waals surface area contributed by atoms with Gasteiger partial charge in [-0.05, 0) is 88.5 Å². The van der Waals surface area contributed by atoms with E-state index in [1.54, 1.807) is 6.26 Å². The van der Waals surface area contributed by atoms with Gasteiger partial charge in [-0.1, -0.05) is 13.3 Å². The van der Waals surface area contributed by atoms with Crippen molar-refractivity contribution >= 4 is 0 Å².